The predicted octanol–water partition coefficient (Wildman–Crippen LogP) is 5.46. The highest BCUT2D eigenvalue weighted by molar-refractivity contribution is 5.97. The quantitative estimate of drug-likeness (QED) is 0.358. The van der Waals surface area contributed by atoms with E-state index in [0.717, 1.165) is 22.3 Å². The van der Waals surface area contributed by atoms with Gasteiger partial charge in [-0.15, -0.1) is 0 Å². The first-order valence-corrected chi connectivity index (χ1v) is 12.8. The van der Waals surface area contributed by atoms with Gasteiger partial charge < -0.3 is 10.6 Å². The zero-order valence-corrected chi connectivity index (χ0v) is 21.1. The van der Waals surface area contributed by atoms with Crippen LogP contribution in [-0.4, -0.2) is 29.3 Å². The molecule has 4 aromatic carbocycles. The lowest BCUT2D eigenvalue weighted by atomic mass is 9.71. The Morgan fingerprint density at radius 2 is 1.19 bits per heavy atom. The third-order valence-corrected chi connectivity index (χ3v) is 8.01. The van der Waals surface area contributed by atoms with Crippen molar-refractivity contribution in [3.8, 4) is 0 Å². The van der Waals surface area contributed by atoms with Gasteiger partial charge in [-0.05, 0) is 35.1 Å². The smallest absolute Gasteiger partial charge is 0.240 e. The Hall–Kier alpha value is -4.18. The molecule has 1 saturated heterocycles. The molecule has 1 unspecified atom stereocenters. The molecule has 1 heterocycles. The van der Waals surface area contributed by atoms with E-state index in [1.165, 1.54) is 0 Å². The Balaban J connectivity index is 1.58. The van der Waals surface area contributed by atoms with E-state index in [1.54, 1.807) is 4.90 Å². The van der Waals surface area contributed by atoms with Crippen molar-refractivity contribution in [1.82, 2.24) is 4.90 Å². The Labute approximate surface area is 218 Å². The van der Waals surface area contributed by atoms with Gasteiger partial charge in [0.25, 0.3) is 0 Å². The van der Waals surface area contributed by atoms with Gasteiger partial charge in [0.05, 0.1) is 0 Å². The number of amides is 2. The number of benzene rings is 4. The lowest BCUT2D eigenvalue weighted by Crippen LogP contribution is -2.51. The molecule has 1 aliphatic heterocycles. The molecular weight excluding hydrogens is 456 g/mol. The van der Waals surface area contributed by atoms with Crippen molar-refractivity contribution >= 4 is 11.8 Å². The molecule has 4 heteroatoms. The molecular formula is C33H32N2O2. The molecule has 5 rings (SSSR count). The Morgan fingerprint density at radius 3 is 1.59 bits per heavy atom. The average molecular weight is 489 g/mol. The molecule has 1 atom stereocenters. The van der Waals surface area contributed by atoms with Crippen molar-refractivity contribution in [3.63, 3.8) is 0 Å². The second-order valence-electron chi connectivity index (χ2n) is 10.1. The van der Waals surface area contributed by atoms with Crippen molar-refractivity contribution in [2.24, 2.45) is 5.73 Å². The van der Waals surface area contributed by atoms with Crippen molar-refractivity contribution in [1.29, 1.82) is 0 Å². The summed E-state index contributed by atoms with van der Waals surface area (Å²) in [5.74, 6) is -0.555. The Morgan fingerprint density at radius 1 is 0.784 bits per heavy atom. The summed E-state index contributed by atoms with van der Waals surface area (Å²) in [6, 6.07) is 39.3. The van der Waals surface area contributed by atoms with Crippen molar-refractivity contribution in [3.05, 3.63) is 144 Å². The minimum Gasteiger partial charge on any atom is -0.368 e. The maximum Gasteiger partial charge on any atom is 0.240 e. The van der Waals surface area contributed by atoms with Crippen LogP contribution in [0.5, 0.6) is 0 Å². The molecule has 0 aromatic heterocycles. The molecule has 1 aliphatic rings. The molecule has 0 radical (unpaired) electrons. The monoisotopic (exact) mass is 488 g/mol. The summed E-state index contributed by atoms with van der Waals surface area (Å²) < 4.78 is 0. The van der Waals surface area contributed by atoms with E-state index in [9.17, 15) is 9.59 Å². The number of hydrogen-bond acceptors (Lipinski definition) is 2. The standard InChI is InChI=1S/C33H32N2O2/c1-32(25-14-6-2-7-15-25,26-16-8-3-9-17-26)24-29(30(34)36)35-23-22-33(31(35)37,27-18-10-4-11-19-27)28-20-12-5-13-21-28/h2-21,29H,22-24H2,1H3,(H2,34,36). The summed E-state index contributed by atoms with van der Waals surface area (Å²) in [6.07, 6.45) is 0.971. The van der Waals surface area contributed by atoms with E-state index in [4.69, 9.17) is 5.73 Å². The number of carbonyl (C=O) groups is 2. The fourth-order valence-electron chi connectivity index (χ4n) is 5.95. The van der Waals surface area contributed by atoms with E-state index in [0.29, 0.717) is 19.4 Å². The second kappa shape index (κ2) is 10.1. The number of carbonyl (C=O) groups excluding carboxylic acids is 2. The normalized spacial score (nSPS) is 15.9. The molecule has 37 heavy (non-hydrogen) atoms. The van der Waals surface area contributed by atoms with E-state index in [-0.39, 0.29) is 5.91 Å². The van der Waals surface area contributed by atoms with Gasteiger partial charge in [-0.25, -0.2) is 0 Å². The van der Waals surface area contributed by atoms with Gasteiger partial charge in [0.1, 0.15) is 11.5 Å². The predicted molar refractivity (Wildman–Crippen MR) is 147 cm³/mol. The average Bonchev–Trinajstić information content (AvgIpc) is 3.30. The van der Waals surface area contributed by atoms with Crippen LogP contribution in [0.2, 0.25) is 0 Å². The summed E-state index contributed by atoms with van der Waals surface area (Å²) in [5, 5.41) is 0. The van der Waals surface area contributed by atoms with Gasteiger partial charge in [0.2, 0.25) is 11.8 Å². The highest BCUT2D eigenvalue weighted by atomic mass is 16.2. The number of nitrogens with two attached hydrogens (primary N) is 1. The Kier molecular flexibility index (Phi) is 6.66. The van der Waals surface area contributed by atoms with Crippen molar-refractivity contribution in [2.75, 3.05) is 6.54 Å². The lowest BCUT2D eigenvalue weighted by Gasteiger charge is -2.38. The highest BCUT2D eigenvalue weighted by Gasteiger charge is 2.52. The third-order valence-electron chi connectivity index (χ3n) is 8.01. The van der Waals surface area contributed by atoms with Gasteiger partial charge in [-0.2, -0.15) is 0 Å². The Bertz CT molecular complexity index is 1280. The van der Waals surface area contributed by atoms with Crippen LogP contribution in [0.4, 0.5) is 0 Å². The molecule has 0 spiro atoms. The van der Waals surface area contributed by atoms with Gasteiger partial charge in [-0.3, -0.25) is 9.59 Å². The summed E-state index contributed by atoms with van der Waals surface area (Å²) in [6.45, 7) is 2.59. The fraction of sp³-hybridized carbons (Fsp3) is 0.212. The van der Waals surface area contributed by atoms with Crippen LogP contribution in [0.3, 0.4) is 0 Å². The van der Waals surface area contributed by atoms with Crippen molar-refractivity contribution < 1.29 is 9.59 Å². The molecule has 0 aliphatic carbocycles. The molecule has 0 bridgehead atoms. The van der Waals surface area contributed by atoms with Crippen LogP contribution < -0.4 is 5.73 Å². The van der Waals surface area contributed by atoms with Gasteiger partial charge in [0, 0.05) is 12.0 Å². The van der Waals surface area contributed by atoms with Gasteiger partial charge in [-0.1, -0.05) is 128 Å². The SMILES string of the molecule is CC(CC(C(N)=O)N1CCC(c2ccccc2)(c2ccccc2)C1=O)(c1ccccc1)c1ccccc1. The molecule has 2 N–H and O–H groups in total. The molecule has 4 aromatic rings. The number of likely N-dealkylation sites (tertiary alicyclic amines) is 1. The van der Waals surface area contributed by atoms with E-state index >= 15 is 0 Å². The number of hydrogen-bond donors (Lipinski definition) is 1. The zero-order valence-electron chi connectivity index (χ0n) is 21.1. The van der Waals surface area contributed by atoms with Crippen LogP contribution >= 0.6 is 0 Å². The molecule has 1 fully saturated rings. The highest BCUT2D eigenvalue weighted by Crippen LogP contribution is 2.45. The minimum atomic E-state index is -0.855. The van der Waals surface area contributed by atoms with Crippen LogP contribution in [-0.2, 0) is 20.4 Å². The maximum atomic E-state index is 14.5. The maximum absolute atomic E-state index is 14.5. The number of primary amides is 1. The first-order valence-electron chi connectivity index (χ1n) is 12.8. The first kappa shape index (κ1) is 24.5. The molecule has 4 nitrogen and oxygen atoms in total. The first-order chi connectivity index (χ1) is 18.0. The van der Waals surface area contributed by atoms with Gasteiger partial charge >= 0.3 is 0 Å². The largest absolute Gasteiger partial charge is 0.368 e. The third kappa shape index (κ3) is 4.33. The van der Waals surface area contributed by atoms with E-state index in [1.807, 2.05) is 97.1 Å². The summed E-state index contributed by atoms with van der Waals surface area (Å²) in [4.78, 5) is 29.3. The summed E-state index contributed by atoms with van der Waals surface area (Å²) in [5.41, 5.74) is 8.73. The zero-order chi connectivity index (χ0) is 25.9. The topological polar surface area (TPSA) is 63.4 Å². The molecule has 186 valence electrons. The van der Waals surface area contributed by atoms with Crippen molar-refractivity contribution in [2.45, 2.75) is 36.6 Å². The van der Waals surface area contributed by atoms with Crippen LogP contribution in [0.15, 0.2) is 121 Å². The van der Waals surface area contributed by atoms with Crippen LogP contribution in [0.25, 0.3) is 0 Å². The number of rotatable bonds is 8. The molecule has 0 saturated carbocycles. The number of nitrogens with zero attached hydrogens (tertiary/aromatic N) is 1. The van der Waals surface area contributed by atoms with E-state index < -0.39 is 22.8 Å². The summed E-state index contributed by atoms with van der Waals surface area (Å²) >= 11 is 0. The van der Waals surface area contributed by atoms with E-state index in [2.05, 4.69) is 31.2 Å². The van der Waals surface area contributed by atoms with Crippen LogP contribution in [0, 0.1) is 0 Å². The minimum absolute atomic E-state index is 0.0721. The van der Waals surface area contributed by atoms with Crippen LogP contribution in [0.1, 0.15) is 42.0 Å². The van der Waals surface area contributed by atoms with Gasteiger partial charge in [0.15, 0.2) is 0 Å². The summed E-state index contributed by atoms with van der Waals surface area (Å²) in [7, 11) is 0. The second-order valence-corrected chi connectivity index (χ2v) is 10.1. The lowest BCUT2D eigenvalue weighted by molar-refractivity contribution is -0.139. The molecule has 2 amide bonds. The fourth-order valence-corrected chi connectivity index (χ4v) is 5.95.